The van der Waals surface area contributed by atoms with E-state index in [0.29, 0.717) is 5.84 Å². The second-order valence-corrected chi connectivity index (χ2v) is 7.42. The molecule has 0 amide bonds. The fraction of sp³-hybridized carbons (Fsp3) is 0.200. The van der Waals surface area contributed by atoms with Crippen LogP contribution in [0, 0.1) is 25.7 Å². The van der Waals surface area contributed by atoms with Crippen molar-refractivity contribution in [3.63, 3.8) is 0 Å². The Morgan fingerprint density at radius 3 is 2.30 bits per heavy atom. The maximum atomic E-state index is 6.19. The van der Waals surface area contributed by atoms with Crippen LogP contribution in [0.4, 0.5) is 0 Å². The molecule has 5 heteroatoms. The van der Waals surface area contributed by atoms with Crippen molar-refractivity contribution in [3.8, 4) is 23.0 Å². The van der Waals surface area contributed by atoms with Crippen LogP contribution >= 0.6 is 0 Å². The van der Waals surface area contributed by atoms with Crippen molar-refractivity contribution in [2.45, 2.75) is 33.4 Å². The zero-order valence-electron chi connectivity index (χ0n) is 17.6. The van der Waals surface area contributed by atoms with Gasteiger partial charge in [-0.3, -0.25) is 9.97 Å². The molecule has 0 fully saturated rings. The van der Waals surface area contributed by atoms with Crippen molar-refractivity contribution in [1.29, 1.82) is 0 Å². The molecule has 0 saturated heterocycles. The van der Waals surface area contributed by atoms with Gasteiger partial charge in [-0.05, 0) is 57.5 Å². The molecule has 30 heavy (non-hydrogen) atoms. The summed E-state index contributed by atoms with van der Waals surface area (Å²) in [6.07, 6.45) is 3.61. The molecule has 0 radical (unpaired) electrons. The number of amidine groups is 1. The molecule has 0 aliphatic carbocycles. The average Bonchev–Trinajstić information content (AvgIpc) is 3.04. The molecule has 3 heterocycles. The Hall–Kier alpha value is -3.78. The van der Waals surface area contributed by atoms with Crippen molar-refractivity contribution in [2.75, 3.05) is 0 Å². The number of hydrogen-bond donors (Lipinski definition) is 1. The normalized spacial score (nSPS) is 17.7. The van der Waals surface area contributed by atoms with Crippen LogP contribution < -0.4 is 5.73 Å². The molecular formula is C25H23N5. The van der Waals surface area contributed by atoms with Gasteiger partial charge in [-0.25, -0.2) is 9.98 Å². The highest BCUT2D eigenvalue weighted by molar-refractivity contribution is 6.41. The first-order chi connectivity index (χ1) is 14.4. The van der Waals surface area contributed by atoms with E-state index >= 15 is 0 Å². The van der Waals surface area contributed by atoms with Crippen LogP contribution in [0.1, 0.15) is 41.9 Å². The number of nitrogens with two attached hydrogens (primary N) is 1. The van der Waals surface area contributed by atoms with Gasteiger partial charge in [0.1, 0.15) is 5.84 Å². The molecule has 1 atom stereocenters. The first-order valence-electron chi connectivity index (χ1n) is 9.78. The third-order valence-electron chi connectivity index (χ3n) is 5.07. The summed E-state index contributed by atoms with van der Waals surface area (Å²) in [6, 6.07) is 14.3. The van der Waals surface area contributed by atoms with Crippen LogP contribution in [0.3, 0.4) is 0 Å². The van der Waals surface area contributed by atoms with E-state index in [1.807, 2.05) is 64.2 Å². The lowest BCUT2D eigenvalue weighted by atomic mass is 9.90. The van der Waals surface area contributed by atoms with Gasteiger partial charge in [0.05, 0.1) is 5.71 Å². The second kappa shape index (κ2) is 7.57. The summed E-state index contributed by atoms with van der Waals surface area (Å²) >= 11 is 0. The summed E-state index contributed by atoms with van der Waals surface area (Å²) in [6.45, 7) is 7.66. The van der Waals surface area contributed by atoms with E-state index < -0.39 is 5.66 Å². The lowest BCUT2D eigenvalue weighted by molar-refractivity contribution is 0.585. The Bertz CT molecular complexity index is 1220. The maximum absolute atomic E-state index is 6.19. The first-order valence-corrected chi connectivity index (χ1v) is 9.78. The number of benzene rings is 1. The number of rotatable bonds is 3. The quantitative estimate of drug-likeness (QED) is 0.679. The minimum absolute atomic E-state index is 0.453. The standard InChI is InChI=1S/C25H23N5/c1-5-7-19-12-21(15-27-14-19)20-8-6-9-22(13-20)25(29-18(4)24(26)30-25)23-10-16(2)28-17(3)11-23/h6,8-15H,1-4H3,(H2,26,30). The predicted octanol–water partition coefficient (Wildman–Crippen LogP) is 4.16. The van der Waals surface area contributed by atoms with Gasteiger partial charge in [0.25, 0.3) is 0 Å². The number of nitrogens with zero attached hydrogens (tertiary/aromatic N) is 4. The van der Waals surface area contributed by atoms with E-state index in [-0.39, 0.29) is 0 Å². The van der Waals surface area contributed by atoms with Gasteiger partial charge in [-0.1, -0.05) is 24.1 Å². The first kappa shape index (κ1) is 19.5. The molecule has 0 bridgehead atoms. The fourth-order valence-electron chi connectivity index (χ4n) is 3.77. The summed E-state index contributed by atoms with van der Waals surface area (Å²) in [5.41, 5.74) is 12.6. The average molecular weight is 393 g/mol. The third-order valence-corrected chi connectivity index (χ3v) is 5.07. The smallest absolute Gasteiger partial charge is 0.204 e. The van der Waals surface area contributed by atoms with E-state index in [0.717, 1.165) is 44.9 Å². The Morgan fingerprint density at radius 2 is 1.63 bits per heavy atom. The zero-order valence-corrected chi connectivity index (χ0v) is 17.6. The van der Waals surface area contributed by atoms with Gasteiger partial charge in [-0.15, -0.1) is 5.92 Å². The van der Waals surface area contributed by atoms with Gasteiger partial charge in [0.2, 0.25) is 5.66 Å². The molecule has 148 valence electrons. The minimum atomic E-state index is -0.920. The van der Waals surface area contributed by atoms with E-state index in [1.54, 1.807) is 6.20 Å². The molecule has 1 unspecified atom stereocenters. The van der Waals surface area contributed by atoms with Gasteiger partial charge < -0.3 is 5.73 Å². The predicted molar refractivity (Wildman–Crippen MR) is 121 cm³/mol. The molecule has 3 aromatic rings. The lowest BCUT2D eigenvalue weighted by Crippen LogP contribution is -2.23. The molecule has 5 nitrogen and oxygen atoms in total. The number of aliphatic imine (C=N–C) groups is 2. The Kier molecular flexibility index (Phi) is 4.93. The SMILES string of the molecule is CC#Cc1cncc(-c2cccc(C3(c4cc(C)nc(C)c4)N=C(C)C(N)=N3)c2)c1. The van der Waals surface area contributed by atoms with Crippen molar-refractivity contribution in [3.05, 3.63) is 82.9 Å². The largest absolute Gasteiger partial charge is 0.382 e. The van der Waals surface area contributed by atoms with E-state index in [2.05, 4.69) is 33.9 Å². The van der Waals surface area contributed by atoms with Crippen molar-refractivity contribution >= 4 is 11.5 Å². The summed E-state index contributed by atoms with van der Waals surface area (Å²) in [5.74, 6) is 6.44. The molecule has 1 aliphatic rings. The highest BCUT2D eigenvalue weighted by Gasteiger charge is 2.38. The molecule has 1 aromatic carbocycles. The topological polar surface area (TPSA) is 76.5 Å². The summed E-state index contributed by atoms with van der Waals surface area (Å²) in [4.78, 5) is 18.6. The molecule has 2 aromatic heterocycles. The van der Waals surface area contributed by atoms with Gasteiger partial charge in [-0.2, -0.15) is 0 Å². The summed E-state index contributed by atoms with van der Waals surface area (Å²) < 4.78 is 0. The Morgan fingerprint density at radius 1 is 0.867 bits per heavy atom. The van der Waals surface area contributed by atoms with Crippen LogP contribution in [0.2, 0.25) is 0 Å². The van der Waals surface area contributed by atoms with E-state index in [4.69, 9.17) is 15.7 Å². The van der Waals surface area contributed by atoms with Gasteiger partial charge in [0, 0.05) is 46.0 Å². The molecule has 4 rings (SSSR count). The molecular weight excluding hydrogens is 370 g/mol. The monoisotopic (exact) mass is 393 g/mol. The Labute approximate surface area is 176 Å². The number of aromatic nitrogens is 2. The molecule has 0 saturated carbocycles. The van der Waals surface area contributed by atoms with Crippen LogP contribution in [-0.4, -0.2) is 21.5 Å². The van der Waals surface area contributed by atoms with Crippen LogP contribution in [0.25, 0.3) is 11.1 Å². The summed E-state index contributed by atoms with van der Waals surface area (Å²) in [7, 11) is 0. The molecule has 1 aliphatic heterocycles. The summed E-state index contributed by atoms with van der Waals surface area (Å²) in [5, 5.41) is 0. The molecule has 0 spiro atoms. The van der Waals surface area contributed by atoms with Gasteiger partial charge in [0.15, 0.2) is 0 Å². The zero-order chi connectivity index (χ0) is 21.3. The van der Waals surface area contributed by atoms with E-state index in [1.165, 1.54) is 0 Å². The lowest BCUT2D eigenvalue weighted by Gasteiger charge is -2.25. The van der Waals surface area contributed by atoms with Gasteiger partial charge >= 0.3 is 0 Å². The van der Waals surface area contributed by atoms with E-state index in [9.17, 15) is 0 Å². The van der Waals surface area contributed by atoms with Crippen LogP contribution in [0.5, 0.6) is 0 Å². The van der Waals surface area contributed by atoms with Crippen LogP contribution in [-0.2, 0) is 5.66 Å². The highest BCUT2D eigenvalue weighted by Crippen LogP contribution is 2.40. The molecule has 2 N–H and O–H groups in total. The second-order valence-electron chi connectivity index (χ2n) is 7.42. The third kappa shape index (κ3) is 3.48. The minimum Gasteiger partial charge on any atom is -0.382 e. The highest BCUT2D eigenvalue weighted by atomic mass is 15.2. The number of hydrogen-bond acceptors (Lipinski definition) is 5. The Balaban J connectivity index is 1.91. The number of pyridine rings is 2. The fourth-order valence-corrected chi connectivity index (χ4v) is 3.77. The maximum Gasteiger partial charge on any atom is 0.204 e. The number of aryl methyl sites for hydroxylation is 2. The van der Waals surface area contributed by atoms with Crippen molar-refractivity contribution in [2.24, 2.45) is 15.7 Å². The van der Waals surface area contributed by atoms with Crippen LogP contribution in [0.15, 0.2) is 64.8 Å². The van der Waals surface area contributed by atoms with Crippen molar-refractivity contribution in [1.82, 2.24) is 9.97 Å². The van der Waals surface area contributed by atoms with Crippen molar-refractivity contribution < 1.29 is 0 Å².